The second kappa shape index (κ2) is 6.63. The van der Waals surface area contributed by atoms with E-state index in [0.29, 0.717) is 19.5 Å². The second-order valence-electron chi connectivity index (χ2n) is 6.69. The molecule has 132 valence electrons. The zero-order chi connectivity index (χ0) is 18.1. The first-order valence-corrected chi connectivity index (χ1v) is 8.60. The highest BCUT2D eigenvalue weighted by molar-refractivity contribution is 5.89. The highest BCUT2D eigenvalue weighted by Crippen LogP contribution is 2.38. The van der Waals surface area contributed by atoms with Crippen molar-refractivity contribution in [1.82, 2.24) is 14.9 Å². The number of aliphatic carboxylic acids is 1. The number of para-hydroxylation sites is 2. The minimum absolute atomic E-state index is 0.177. The van der Waals surface area contributed by atoms with E-state index in [0.717, 1.165) is 22.2 Å². The molecule has 0 saturated heterocycles. The fourth-order valence-corrected chi connectivity index (χ4v) is 3.25. The number of amides is 1. The Bertz CT molecular complexity index is 979. The quantitative estimate of drug-likeness (QED) is 0.716. The first-order chi connectivity index (χ1) is 12.6. The Morgan fingerprint density at radius 2 is 1.92 bits per heavy atom. The maximum atomic E-state index is 12.0. The smallest absolute Gasteiger partial charge is 0.307 e. The van der Waals surface area contributed by atoms with Crippen LogP contribution in [0.1, 0.15) is 17.5 Å². The van der Waals surface area contributed by atoms with E-state index in [2.05, 4.69) is 20.9 Å². The third-order valence-corrected chi connectivity index (χ3v) is 4.78. The van der Waals surface area contributed by atoms with Crippen molar-refractivity contribution in [3.05, 3.63) is 66.0 Å². The normalized spacial score (nSPS) is 18.6. The minimum Gasteiger partial charge on any atom is -0.481 e. The summed E-state index contributed by atoms with van der Waals surface area (Å²) in [6, 6.07) is 16.0. The molecule has 2 N–H and O–H groups in total. The van der Waals surface area contributed by atoms with Gasteiger partial charge in [-0.15, -0.1) is 0 Å². The third kappa shape index (κ3) is 3.31. The number of hydrogen-bond acceptors (Lipinski definition) is 3. The van der Waals surface area contributed by atoms with E-state index in [1.54, 1.807) is 0 Å². The number of aromatic nitrogens is 2. The Hall–Kier alpha value is -3.15. The van der Waals surface area contributed by atoms with Crippen molar-refractivity contribution in [2.45, 2.75) is 19.5 Å². The van der Waals surface area contributed by atoms with Crippen molar-refractivity contribution in [2.24, 2.45) is 11.8 Å². The molecule has 1 aliphatic rings. The molecule has 1 fully saturated rings. The van der Waals surface area contributed by atoms with Gasteiger partial charge in [-0.2, -0.15) is 0 Å². The van der Waals surface area contributed by atoms with Gasteiger partial charge < -0.3 is 15.0 Å². The van der Waals surface area contributed by atoms with Crippen molar-refractivity contribution in [3.8, 4) is 0 Å². The summed E-state index contributed by atoms with van der Waals surface area (Å²) in [5.41, 5.74) is 4.16. The lowest BCUT2D eigenvalue weighted by atomic mass is 10.1. The van der Waals surface area contributed by atoms with Crippen molar-refractivity contribution in [1.29, 1.82) is 0 Å². The van der Waals surface area contributed by atoms with Crippen LogP contribution in [0.5, 0.6) is 0 Å². The van der Waals surface area contributed by atoms with Crippen molar-refractivity contribution in [3.63, 3.8) is 0 Å². The Kier molecular flexibility index (Phi) is 4.16. The van der Waals surface area contributed by atoms with Crippen LogP contribution < -0.4 is 5.32 Å². The van der Waals surface area contributed by atoms with Crippen LogP contribution in [-0.4, -0.2) is 26.5 Å². The van der Waals surface area contributed by atoms with Crippen molar-refractivity contribution in [2.75, 3.05) is 0 Å². The molecule has 0 aliphatic heterocycles. The molecule has 26 heavy (non-hydrogen) atoms. The lowest BCUT2D eigenvalue weighted by Gasteiger charge is -2.08. The molecule has 1 saturated carbocycles. The number of carboxylic acid groups (broad SMARTS) is 1. The van der Waals surface area contributed by atoms with Crippen molar-refractivity contribution >= 4 is 22.9 Å². The molecule has 4 rings (SSSR count). The second-order valence-corrected chi connectivity index (χ2v) is 6.69. The lowest BCUT2D eigenvalue weighted by Crippen LogP contribution is -2.25. The number of carboxylic acids is 1. The van der Waals surface area contributed by atoms with Crippen LogP contribution in [0.15, 0.2) is 54.9 Å². The standard InChI is InChI=1S/C20H19N3O3/c24-19(15-9-16(15)20(25)26)21-10-13-4-3-5-14(8-13)11-23-12-22-17-6-1-2-7-18(17)23/h1-8,12,15-16H,9-11H2,(H,21,24)(H,25,26). The average Bonchev–Trinajstić information content (AvgIpc) is 3.37. The highest BCUT2D eigenvalue weighted by Gasteiger charge is 2.48. The molecule has 0 bridgehead atoms. The summed E-state index contributed by atoms with van der Waals surface area (Å²) in [6.45, 7) is 1.10. The number of carbonyl (C=O) groups is 2. The Labute approximate surface area is 150 Å². The van der Waals surface area contributed by atoms with Gasteiger partial charge in [0.1, 0.15) is 0 Å². The molecular formula is C20H19N3O3. The topological polar surface area (TPSA) is 84.2 Å². The van der Waals surface area contributed by atoms with Gasteiger partial charge in [0.05, 0.1) is 29.2 Å². The van der Waals surface area contributed by atoms with E-state index >= 15 is 0 Å². The number of rotatable bonds is 6. The Morgan fingerprint density at radius 1 is 1.12 bits per heavy atom. The summed E-state index contributed by atoms with van der Waals surface area (Å²) in [5.74, 6) is -1.97. The number of imidazole rings is 1. The fourth-order valence-electron chi connectivity index (χ4n) is 3.25. The molecule has 2 aromatic carbocycles. The van der Waals surface area contributed by atoms with E-state index in [9.17, 15) is 9.59 Å². The van der Waals surface area contributed by atoms with Gasteiger partial charge in [0, 0.05) is 13.1 Å². The zero-order valence-electron chi connectivity index (χ0n) is 14.1. The summed E-state index contributed by atoms with van der Waals surface area (Å²) >= 11 is 0. The third-order valence-electron chi connectivity index (χ3n) is 4.78. The summed E-state index contributed by atoms with van der Waals surface area (Å²) in [5, 5.41) is 11.7. The van der Waals surface area contributed by atoms with E-state index < -0.39 is 11.9 Å². The predicted molar refractivity (Wildman–Crippen MR) is 96.4 cm³/mol. The average molecular weight is 349 g/mol. The Balaban J connectivity index is 1.41. The van der Waals surface area contributed by atoms with Crippen LogP contribution in [0, 0.1) is 11.8 Å². The minimum atomic E-state index is -0.889. The molecule has 1 aromatic heterocycles. The van der Waals surface area contributed by atoms with Crippen LogP contribution in [0.2, 0.25) is 0 Å². The number of benzene rings is 2. The molecule has 6 nitrogen and oxygen atoms in total. The van der Waals surface area contributed by atoms with Gasteiger partial charge in [-0.3, -0.25) is 9.59 Å². The van der Waals surface area contributed by atoms with Gasteiger partial charge in [0.25, 0.3) is 0 Å². The maximum absolute atomic E-state index is 12.0. The molecule has 0 radical (unpaired) electrons. The van der Waals surface area contributed by atoms with E-state index in [4.69, 9.17) is 5.11 Å². The molecule has 6 heteroatoms. The van der Waals surface area contributed by atoms with Gasteiger partial charge in [0.2, 0.25) is 5.91 Å². The van der Waals surface area contributed by atoms with Crippen LogP contribution in [0.25, 0.3) is 11.0 Å². The van der Waals surface area contributed by atoms with Gasteiger partial charge in [-0.05, 0) is 29.7 Å². The lowest BCUT2D eigenvalue weighted by molar-refractivity contribution is -0.140. The molecule has 2 atom stereocenters. The van der Waals surface area contributed by atoms with E-state index in [1.165, 1.54) is 0 Å². The maximum Gasteiger partial charge on any atom is 0.307 e. The number of carbonyl (C=O) groups excluding carboxylic acids is 1. The highest BCUT2D eigenvalue weighted by atomic mass is 16.4. The van der Waals surface area contributed by atoms with Crippen molar-refractivity contribution < 1.29 is 14.7 Å². The van der Waals surface area contributed by atoms with E-state index in [-0.39, 0.29) is 11.8 Å². The van der Waals surface area contributed by atoms with Crippen LogP contribution >= 0.6 is 0 Å². The summed E-state index contributed by atoms with van der Waals surface area (Å²) < 4.78 is 2.09. The SMILES string of the molecule is O=C(O)C1CC1C(=O)NCc1cccc(Cn2cnc3ccccc32)c1. The van der Waals surface area contributed by atoms with Crippen LogP contribution in [-0.2, 0) is 22.7 Å². The van der Waals surface area contributed by atoms with Gasteiger partial charge in [-0.1, -0.05) is 36.4 Å². The number of nitrogens with one attached hydrogen (secondary N) is 1. The number of nitrogens with zero attached hydrogens (tertiary/aromatic N) is 2. The summed E-state index contributed by atoms with van der Waals surface area (Å²) in [6.07, 6.45) is 2.27. The van der Waals surface area contributed by atoms with Crippen LogP contribution in [0.3, 0.4) is 0 Å². The first kappa shape index (κ1) is 16.3. The van der Waals surface area contributed by atoms with E-state index in [1.807, 2.05) is 48.8 Å². The van der Waals surface area contributed by atoms with Gasteiger partial charge in [0.15, 0.2) is 0 Å². The number of fused-ring (bicyclic) bond motifs is 1. The van der Waals surface area contributed by atoms with Gasteiger partial charge in [-0.25, -0.2) is 4.98 Å². The molecule has 2 unspecified atom stereocenters. The molecule has 0 spiro atoms. The number of hydrogen-bond donors (Lipinski definition) is 2. The predicted octanol–water partition coefficient (Wildman–Crippen LogP) is 2.42. The Morgan fingerprint density at radius 3 is 2.73 bits per heavy atom. The zero-order valence-corrected chi connectivity index (χ0v) is 14.1. The molecule has 3 aromatic rings. The molecule has 1 heterocycles. The first-order valence-electron chi connectivity index (χ1n) is 8.60. The molecule has 1 aliphatic carbocycles. The fraction of sp³-hybridized carbons (Fsp3) is 0.250. The molecular weight excluding hydrogens is 330 g/mol. The molecule has 1 amide bonds. The summed E-state index contributed by atoms with van der Waals surface area (Å²) in [4.78, 5) is 27.2. The van der Waals surface area contributed by atoms with Gasteiger partial charge >= 0.3 is 5.97 Å². The monoisotopic (exact) mass is 349 g/mol. The largest absolute Gasteiger partial charge is 0.481 e. The van der Waals surface area contributed by atoms with Crippen LogP contribution in [0.4, 0.5) is 0 Å². The summed E-state index contributed by atoms with van der Waals surface area (Å²) in [7, 11) is 0.